The lowest BCUT2D eigenvalue weighted by Crippen LogP contribution is -2.50. The van der Waals surface area contributed by atoms with E-state index >= 15 is 0 Å². The van der Waals surface area contributed by atoms with Gasteiger partial charge in [-0.15, -0.1) is 0 Å². The van der Waals surface area contributed by atoms with Crippen molar-refractivity contribution >= 4 is 23.8 Å². The number of nitrogens with one attached hydrogen (secondary N) is 1. The number of hydrogen-bond donors (Lipinski definition) is 3. The van der Waals surface area contributed by atoms with Gasteiger partial charge in [-0.2, -0.15) is 0 Å². The van der Waals surface area contributed by atoms with Crippen molar-refractivity contribution in [2.45, 2.75) is 44.6 Å². The number of carboxylic acid groups (broad SMARTS) is 2. The minimum Gasteiger partial charge on any atom is -0.481 e. The first-order valence-corrected chi connectivity index (χ1v) is 5.98. The number of rotatable bonds is 8. The second-order valence-corrected chi connectivity index (χ2v) is 4.28. The molecule has 0 radical (unpaired) electrons. The molecule has 1 heterocycles. The minimum absolute atomic E-state index is 0.0338. The van der Waals surface area contributed by atoms with Crippen molar-refractivity contribution in [2.24, 2.45) is 0 Å². The quantitative estimate of drug-likeness (QED) is 0.410. The molecule has 1 aliphatic heterocycles. The first-order valence-electron chi connectivity index (χ1n) is 5.98. The molecule has 1 fully saturated rings. The van der Waals surface area contributed by atoms with E-state index in [1.807, 2.05) is 0 Å². The average molecular weight is 272 g/mol. The number of unbranched alkanes of at least 4 members (excludes halogenated alkanes) is 1. The third-order valence-electron chi connectivity index (χ3n) is 2.77. The normalized spacial score (nSPS) is 16.7. The number of nitrogens with zero attached hydrogens (tertiary/aromatic N) is 1. The summed E-state index contributed by atoms with van der Waals surface area (Å²) < 4.78 is 0. The molecule has 1 saturated heterocycles. The Morgan fingerprint density at radius 1 is 1.16 bits per heavy atom. The number of amides is 2. The molecule has 8 heteroatoms. The molecule has 1 atom stereocenters. The van der Waals surface area contributed by atoms with Crippen LogP contribution in [0.15, 0.2) is 0 Å². The molecule has 0 aromatic rings. The van der Waals surface area contributed by atoms with Crippen LogP contribution in [-0.4, -0.2) is 45.0 Å². The second kappa shape index (κ2) is 6.83. The van der Waals surface area contributed by atoms with Crippen LogP contribution < -0.4 is 5.43 Å². The van der Waals surface area contributed by atoms with Gasteiger partial charge in [0.1, 0.15) is 6.04 Å². The van der Waals surface area contributed by atoms with Gasteiger partial charge in [0.25, 0.3) is 0 Å². The smallest absolute Gasteiger partial charge is 0.322 e. The van der Waals surface area contributed by atoms with Gasteiger partial charge < -0.3 is 10.2 Å². The van der Waals surface area contributed by atoms with Gasteiger partial charge in [-0.1, -0.05) is 6.42 Å². The zero-order valence-corrected chi connectivity index (χ0v) is 10.3. The average Bonchev–Trinajstić information content (AvgIpc) is 2.63. The van der Waals surface area contributed by atoms with Crippen molar-refractivity contribution in [1.29, 1.82) is 0 Å². The summed E-state index contributed by atoms with van der Waals surface area (Å²) in [5, 5.41) is 18.2. The van der Waals surface area contributed by atoms with Crippen LogP contribution in [-0.2, 0) is 19.2 Å². The maximum Gasteiger partial charge on any atom is 0.322 e. The molecule has 3 N–H and O–H groups in total. The number of imide groups is 1. The van der Waals surface area contributed by atoms with Gasteiger partial charge in [0.05, 0.1) is 0 Å². The van der Waals surface area contributed by atoms with Gasteiger partial charge in [-0.25, -0.2) is 10.4 Å². The Balaban J connectivity index is 2.44. The lowest BCUT2D eigenvalue weighted by Gasteiger charge is -2.21. The Labute approximate surface area is 109 Å². The SMILES string of the molecule is O=C(O)CCCCC(NN1C(=O)CCC1=O)C(=O)O. The van der Waals surface area contributed by atoms with Crippen molar-refractivity contribution in [2.75, 3.05) is 0 Å². The number of carbonyl (C=O) groups excluding carboxylic acids is 2. The van der Waals surface area contributed by atoms with Crippen LogP contribution in [0.5, 0.6) is 0 Å². The fraction of sp³-hybridized carbons (Fsp3) is 0.636. The molecule has 0 aliphatic carbocycles. The molecule has 2 amide bonds. The predicted molar refractivity (Wildman–Crippen MR) is 61.8 cm³/mol. The highest BCUT2D eigenvalue weighted by atomic mass is 16.4. The summed E-state index contributed by atoms with van der Waals surface area (Å²) in [7, 11) is 0. The van der Waals surface area contributed by atoms with Gasteiger partial charge in [0, 0.05) is 19.3 Å². The third-order valence-corrected chi connectivity index (χ3v) is 2.77. The molecule has 0 saturated carbocycles. The topological polar surface area (TPSA) is 124 Å². The molecular weight excluding hydrogens is 256 g/mol. The molecule has 0 bridgehead atoms. The van der Waals surface area contributed by atoms with Crippen LogP contribution >= 0.6 is 0 Å². The first-order chi connectivity index (χ1) is 8.91. The monoisotopic (exact) mass is 272 g/mol. The highest BCUT2D eigenvalue weighted by Gasteiger charge is 2.32. The molecule has 1 rings (SSSR count). The van der Waals surface area contributed by atoms with E-state index in [0.717, 1.165) is 5.01 Å². The van der Waals surface area contributed by atoms with E-state index in [2.05, 4.69) is 5.43 Å². The lowest BCUT2D eigenvalue weighted by molar-refractivity contribution is -0.147. The Morgan fingerprint density at radius 2 is 1.74 bits per heavy atom. The zero-order chi connectivity index (χ0) is 14.4. The van der Waals surface area contributed by atoms with Crippen molar-refractivity contribution in [1.82, 2.24) is 10.4 Å². The maximum absolute atomic E-state index is 11.3. The molecule has 19 heavy (non-hydrogen) atoms. The van der Waals surface area contributed by atoms with E-state index in [1.54, 1.807) is 0 Å². The number of hydrogen-bond acceptors (Lipinski definition) is 5. The van der Waals surface area contributed by atoms with Gasteiger partial charge in [-0.3, -0.25) is 19.2 Å². The van der Waals surface area contributed by atoms with Crippen molar-refractivity contribution in [3.63, 3.8) is 0 Å². The first kappa shape index (κ1) is 15.1. The molecular formula is C11H16N2O6. The standard InChI is InChI=1S/C11H16N2O6/c14-8-5-6-9(15)13(8)12-7(11(18)19)3-1-2-4-10(16)17/h7,12H,1-6H2,(H,16,17)(H,18,19). The van der Waals surface area contributed by atoms with Crippen molar-refractivity contribution in [3.8, 4) is 0 Å². The van der Waals surface area contributed by atoms with E-state index in [0.29, 0.717) is 12.8 Å². The third kappa shape index (κ3) is 4.66. The number of carbonyl (C=O) groups is 4. The number of hydrazine groups is 1. The molecule has 1 unspecified atom stereocenters. The van der Waals surface area contributed by atoms with Crippen LogP contribution in [0.3, 0.4) is 0 Å². The van der Waals surface area contributed by atoms with Crippen LogP contribution in [0.25, 0.3) is 0 Å². The van der Waals surface area contributed by atoms with E-state index in [-0.39, 0.29) is 25.7 Å². The van der Waals surface area contributed by atoms with Crippen LogP contribution in [0.4, 0.5) is 0 Å². The summed E-state index contributed by atoms with van der Waals surface area (Å²) in [5.74, 6) is -3.00. The summed E-state index contributed by atoms with van der Waals surface area (Å²) in [4.78, 5) is 44.0. The second-order valence-electron chi connectivity index (χ2n) is 4.28. The summed E-state index contributed by atoms with van der Waals surface area (Å²) in [6.45, 7) is 0. The fourth-order valence-electron chi connectivity index (χ4n) is 1.74. The zero-order valence-electron chi connectivity index (χ0n) is 10.3. The largest absolute Gasteiger partial charge is 0.481 e. The van der Waals surface area contributed by atoms with E-state index in [9.17, 15) is 19.2 Å². The van der Waals surface area contributed by atoms with Gasteiger partial charge in [0.2, 0.25) is 11.8 Å². The Morgan fingerprint density at radius 3 is 2.21 bits per heavy atom. The summed E-state index contributed by atoms with van der Waals surface area (Å²) >= 11 is 0. The van der Waals surface area contributed by atoms with E-state index in [1.165, 1.54) is 0 Å². The Hall–Kier alpha value is -1.96. The predicted octanol–water partition coefficient (Wildman–Crippen LogP) is -0.262. The van der Waals surface area contributed by atoms with E-state index < -0.39 is 29.8 Å². The molecule has 1 aliphatic rings. The molecule has 0 aromatic carbocycles. The highest BCUT2D eigenvalue weighted by molar-refractivity contribution is 6.01. The fourth-order valence-corrected chi connectivity index (χ4v) is 1.74. The Kier molecular flexibility index (Phi) is 5.43. The molecule has 8 nitrogen and oxygen atoms in total. The van der Waals surface area contributed by atoms with Crippen LogP contribution in [0.1, 0.15) is 38.5 Å². The van der Waals surface area contributed by atoms with Crippen molar-refractivity contribution < 1.29 is 29.4 Å². The van der Waals surface area contributed by atoms with E-state index in [4.69, 9.17) is 10.2 Å². The summed E-state index contributed by atoms with van der Waals surface area (Å²) in [6.07, 6.45) is 1.01. The summed E-state index contributed by atoms with van der Waals surface area (Å²) in [6, 6.07) is -1.07. The van der Waals surface area contributed by atoms with Crippen LogP contribution in [0, 0.1) is 0 Å². The maximum atomic E-state index is 11.3. The van der Waals surface area contributed by atoms with Crippen molar-refractivity contribution in [3.05, 3.63) is 0 Å². The van der Waals surface area contributed by atoms with Crippen LogP contribution in [0.2, 0.25) is 0 Å². The number of carboxylic acids is 2. The molecule has 0 spiro atoms. The highest BCUT2D eigenvalue weighted by Crippen LogP contribution is 2.11. The minimum atomic E-state index is -1.18. The van der Waals surface area contributed by atoms with Gasteiger partial charge >= 0.3 is 11.9 Å². The molecule has 0 aromatic heterocycles. The summed E-state index contributed by atoms with van der Waals surface area (Å²) in [5.41, 5.74) is 2.39. The number of aliphatic carboxylic acids is 2. The molecule has 106 valence electrons. The lowest BCUT2D eigenvalue weighted by atomic mass is 10.1. The van der Waals surface area contributed by atoms with Gasteiger partial charge in [-0.05, 0) is 12.8 Å². The Bertz CT molecular complexity index is 379. The van der Waals surface area contributed by atoms with Gasteiger partial charge in [0.15, 0.2) is 0 Å².